The third-order valence-electron chi connectivity index (χ3n) is 2.98. The molecule has 1 aromatic carbocycles. The minimum absolute atomic E-state index is 0.735. The Bertz CT molecular complexity index is 677. The molecule has 0 aliphatic heterocycles. The standard InChI is InChI=1S/C15H13BrN4/c16-13-2-1-8-17-15(13)18-10-11-3-5-12(6-4-11)14-7-9-19-20-14/h1-9H,10H2,(H,17,18)(H,19,20). The Morgan fingerprint density at radius 1 is 1.05 bits per heavy atom. The Labute approximate surface area is 125 Å². The van der Waals surface area contributed by atoms with E-state index < -0.39 is 0 Å². The molecule has 0 spiro atoms. The maximum Gasteiger partial charge on any atom is 0.140 e. The lowest BCUT2D eigenvalue weighted by Gasteiger charge is -2.07. The van der Waals surface area contributed by atoms with Crippen LogP contribution in [0.15, 0.2) is 59.3 Å². The first-order chi connectivity index (χ1) is 9.83. The molecule has 3 rings (SSSR count). The zero-order chi connectivity index (χ0) is 13.8. The Morgan fingerprint density at radius 2 is 1.90 bits per heavy atom. The summed E-state index contributed by atoms with van der Waals surface area (Å²) >= 11 is 3.47. The first-order valence-corrected chi connectivity index (χ1v) is 7.05. The molecule has 2 aromatic heterocycles. The van der Waals surface area contributed by atoms with Gasteiger partial charge in [-0.25, -0.2) is 4.98 Å². The highest BCUT2D eigenvalue weighted by molar-refractivity contribution is 9.10. The summed E-state index contributed by atoms with van der Waals surface area (Å²) in [5, 5.41) is 10.2. The van der Waals surface area contributed by atoms with Crippen LogP contribution in [0.1, 0.15) is 5.56 Å². The Balaban J connectivity index is 1.68. The van der Waals surface area contributed by atoms with Crippen LogP contribution in [0, 0.1) is 0 Å². The van der Waals surface area contributed by atoms with Gasteiger partial charge < -0.3 is 5.32 Å². The van der Waals surface area contributed by atoms with Crippen molar-refractivity contribution in [2.24, 2.45) is 0 Å². The van der Waals surface area contributed by atoms with Crippen LogP contribution in [0.25, 0.3) is 11.3 Å². The van der Waals surface area contributed by atoms with Crippen LogP contribution in [0.3, 0.4) is 0 Å². The maximum atomic E-state index is 4.28. The Kier molecular flexibility index (Phi) is 3.78. The second-order valence-electron chi connectivity index (χ2n) is 4.35. The van der Waals surface area contributed by atoms with Gasteiger partial charge in [-0.05, 0) is 45.3 Å². The molecule has 3 aromatic rings. The van der Waals surface area contributed by atoms with Gasteiger partial charge in [0.2, 0.25) is 0 Å². The molecule has 0 aliphatic rings. The maximum absolute atomic E-state index is 4.28. The van der Waals surface area contributed by atoms with Gasteiger partial charge in [-0.1, -0.05) is 24.3 Å². The van der Waals surface area contributed by atoms with E-state index >= 15 is 0 Å². The summed E-state index contributed by atoms with van der Waals surface area (Å²) in [6, 6.07) is 14.2. The van der Waals surface area contributed by atoms with Crippen LogP contribution in [-0.2, 0) is 6.54 Å². The first-order valence-electron chi connectivity index (χ1n) is 6.26. The van der Waals surface area contributed by atoms with Crippen molar-refractivity contribution in [2.45, 2.75) is 6.54 Å². The van der Waals surface area contributed by atoms with Crippen LogP contribution in [0.4, 0.5) is 5.82 Å². The lowest BCUT2D eigenvalue weighted by molar-refractivity contribution is 1.09. The van der Waals surface area contributed by atoms with Crippen molar-refractivity contribution < 1.29 is 0 Å². The molecule has 0 atom stereocenters. The first kappa shape index (κ1) is 12.9. The average molecular weight is 329 g/mol. The van der Waals surface area contributed by atoms with Gasteiger partial charge in [0.25, 0.3) is 0 Å². The SMILES string of the molecule is Brc1cccnc1NCc1ccc(-c2ccn[nH]2)cc1. The third-order valence-corrected chi connectivity index (χ3v) is 3.62. The Morgan fingerprint density at radius 3 is 2.60 bits per heavy atom. The number of aromatic nitrogens is 3. The number of pyridine rings is 1. The molecule has 0 saturated carbocycles. The van der Waals surface area contributed by atoms with Gasteiger partial charge in [-0.3, -0.25) is 5.10 Å². The van der Waals surface area contributed by atoms with Crippen molar-refractivity contribution in [3.8, 4) is 11.3 Å². The minimum Gasteiger partial charge on any atom is -0.365 e. The number of nitrogens with one attached hydrogen (secondary N) is 2. The van der Waals surface area contributed by atoms with Crippen molar-refractivity contribution in [2.75, 3.05) is 5.32 Å². The van der Waals surface area contributed by atoms with Crippen LogP contribution in [0.5, 0.6) is 0 Å². The van der Waals surface area contributed by atoms with E-state index in [0.29, 0.717) is 0 Å². The summed E-state index contributed by atoms with van der Waals surface area (Å²) in [4.78, 5) is 4.28. The molecule has 0 saturated heterocycles. The number of halogens is 1. The van der Waals surface area contributed by atoms with Gasteiger partial charge in [0, 0.05) is 18.9 Å². The van der Waals surface area contributed by atoms with E-state index in [0.717, 1.165) is 28.1 Å². The molecular formula is C15H13BrN4. The summed E-state index contributed by atoms with van der Waals surface area (Å²) in [5.74, 6) is 0.852. The van der Waals surface area contributed by atoms with Crippen molar-refractivity contribution in [1.29, 1.82) is 0 Å². The molecule has 0 aliphatic carbocycles. The highest BCUT2D eigenvalue weighted by Gasteiger charge is 2.01. The molecule has 0 bridgehead atoms. The fourth-order valence-corrected chi connectivity index (χ4v) is 2.32. The second kappa shape index (κ2) is 5.88. The summed E-state index contributed by atoms with van der Waals surface area (Å²) < 4.78 is 0.967. The van der Waals surface area contributed by atoms with Gasteiger partial charge in [0.15, 0.2) is 0 Å². The molecule has 20 heavy (non-hydrogen) atoms. The second-order valence-corrected chi connectivity index (χ2v) is 5.21. The van der Waals surface area contributed by atoms with Gasteiger partial charge >= 0.3 is 0 Å². The molecule has 2 N–H and O–H groups in total. The van der Waals surface area contributed by atoms with E-state index in [1.165, 1.54) is 5.56 Å². The summed E-state index contributed by atoms with van der Waals surface area (Å²) in [7, 11) is 0. The van der Waals surface area contributed by atoms with Crippen molar-refractivity contribution in [1.82, 2.24) is 15.2 Å². The fraction of sp³-hybridized carbons (Fsp3) is 0.0667. The lowest BCUT2D eigenvalue weighted by Crippen LogP contribution is -2.01. The summed E-state index contributed by atoms with van der Waals surface area (Å²) in [5.41, 5.74) is 3.35. The molecular weight excluding hydrogens is 316 g/mol. The molecule has 4 nitrogen and oxygen atoms in total. The van der Waals surface area contributed by atoms with Gasteiger partial charge in [0.1, 0.15) is 5.82 Å². The third kappa shape index (κ3) is 2.88. The van der Waals surface area contributed by atoms with Crippen LogP contribution in [0.2, 0.25) is 0 Å². The molecule has 0 fully saturated rings. The van der Waals surface area contributed by atoms with E-state index in [-0.39, 0.29) is 0 Å². The van der Waals surface area contributed by atoms with Crippen LogP contribution in [-0.4, -0.2) is 15.2 Å². The van der Waals surface area contributed by atoms with E-state index in [4.69, 9.17) is 0 Å². The average Bonchev–Trinajstić information content (AvgIpc) is 3.01. The van der Waals surface area contributed by atoms with Crippen molar-refractivity contribution >= 4 is 21.7 Å². The van der Waals surface area contributed by atoms with Crippen LogP contribution < -0.4 is 5.32 Å². The minimum atomic E-state index is 0.735. The largest absolute Gasteiger partial charge is 0.365 e. The Hall–Kier alpha value is -2.14. The molecule has 0 unspecified atom stereocenters. The number of rotatable bonds is 4. The number of anilines is 1. The molecule has 5 heteroatoms. The number of hydrogen-bond acceptors (Lipinski definition) is 3. The van der Waals surface area contributed by atoms with Crippen molar-refractivity contribution in [3.63, 3.8) is 0 Å². The number of nitrogens with zero attached hydrogens (tertiary/aromatic N) is 2. The number of benzene rings is 1. The van der Waals surface area contributed by atoms with Gasteiger partial charge in [-0.2, -0.15) is 5.10 Å². The van der Waals surface area contributed by atoms with Crippen molar-refractivity contribution in [3.05, 3.63) is 64.9 Å². The van der Waals surface area contributed by atoms with E-state index in [1.54, 1.807) is 12.4 Å². The quantitative estimate of drug-likeness (QED) is 0.764. The van der Waals surface area contributed by atoms with E-state index in [9.17, 15) is 0 Å². The molecule has 0 radical (unpaired) electrons. The smallest absolute Gasteiger partial charge is 0.140 e. The monoisotopic (exact) mass is 328 g/mol. The van der Waals surface area contributed by atoms with Gasteiger partial charge in [0.05, 0.1) is 10.2 Å². The lowest BCUT2D eigenvalue weighted by atomic mass is 10.1. The highest BCUT2D eigenvalue weighted by Crippen LogP contribution is 2.20. The van der Waals surface area contributed by atoms with Crippen LogP contribution >= 0.6 is 15.9 Å². The summed E-state index contributed by atoms with van der Waals surface area (Å²) in [6.45, 7) is 0.735. The predicted molar refractivity (Wildman–Crippen MR) is 83.3 cm³/mol. The summed E-state index contributed by atoms with van der Waals surface area (Å²) in [6.07, 6.45) is 3.53. The normalized spacial score (nSPS) is 10.4. The topological polar surface area (TPSA) is 53.6 Å². The fourth-order valence-electron chi connectivity index (χ4n) is 1.92. The zero-order valence-electron chi connectivity index (χ0n) is 10.7. The molecule has 0 amide bonds. The predicted octanol–water partition coefficient (Wildman–Crippen LogP) is 3.85. The number of H-pyrrole nitrogens is 1. The highest BCUT2D eigenvalue weighted by atomic mass is 79.9. The number of aromatic amines is 1. The number of hydrogen-bond donors (Lipinski definition) is 2. The molecule has 100 valence electrons. The van der Waals surface area contributed by atoms with E-state index in [2.05, 4.69) is 60.7 Å². The van der Waals surface area contributed by atoms with E-state index in [1.807, 2.05) is 18.2 Å². The molecule has 2 heterocycles. The van der Waals surface area contributed by atoms with Gasteiger partial charge in [-0.15, -0.1) is 0 Å². The zero-order valence-corrected chi connectivity index (χ0v) is 12.3.